The zero-order chi connectivity index (χ0) is 27.6. The molecule has 0 saturated heterocycles. The van der Waals surface area contributed by atoms with Gasteiger partial charge in [-0.1, -0.05) is 37.6 Å². The predicted molar refractivity (Wildman–Crippen MR) is 148 cm³/mol. The molecule has 9 heteroatoms. The molecule has 0 aliphatic heterocycles. The van der Waals surface area contributed by atoms with Crippen LogP contribution in [0.2, 0.25) is 0 Å². The highest BCUT2D eigenvalue weighted by Gasteiger charge is 2.27. The zero-order valence-corrected chi connectivity index (χ0v) is 23.7. The minimum Gasteiger partial charge on any atom is -0.497 e. The van der Waals surface area contributed by atoms with Crippen LogP contribution in [0.15, 0.2) is 42.5 Å². The average Bonchev–Trinajstić information content (AvgIpc) is 2.86. The predicted octanol–water partition coefficient (Wildman–Crippen LogP) is 4.19. The summed E-state index contributed by atoms with van der Waals surface area (Å²) in [6.07, 6.45) is 3.43. The number of carbonyl (C=O) groups excluding carboxylic acids is 2. The van der Waals surface area contributed by atoms with Crippen molar-refractivity contribution in [1.82, 2.24) is 10.2 Å². The Hall–Kier alpha value is -3.07. The van der Waals surface area contributed by atoms with Crippen molar-refractivity contribution in [2.45, 2.75) is 66.0 Å². The number of aryl methyl sites for hydroxylation is 1. The Morgan fingerprint density at radius 3 is 2.32 bits per heavy atom. The average molecular weight is 532 g/mol. The van der Waals surface area contributed by atoms with Crippen molar-refractivity contribution < 1.29 is 22.7 Å². The number of nitrogens with one attached hydrogen (secondary N) is 1. The van der Waals surface area contributed by atoms with Gasteiger partial charge in [-0.2, -0.15) is 0 Å². The lowest BCUT2D eigenvalue weighted by molar-refractivity contribution is -0.140. The van der Waals surface area contributed by atoms with Crippen LogP contribution in [0.1, 0.15) is 56.2 Å². The Morgan fingerprint density at radius 1 is 1.05 bits per heavy atom. The van der Waals surface area contributed by atoms with Gasteiger partial charge in [-0.05, 0) is 68.5 Å². The standard InChI is InChI=1S/C28H41N3O5S/c1-7-8-18-29-28(33)23(4)30(20-24-14-16-25(36-5)17-15-24)27(32)13-10-19-31(37(6,34)35)26-12-9-11-21(2)22(26)3/h9,11-12,14-17,23H,7-8,10,13,18-20H2,1-6H3,(H,29,33)/t23-/m0/s1. The van der Waals surface area contributed by atoms with Gasteiger partial charge in [0.15, 0.2) is 0 Å². The number of rotatable bonds is 14. The molecule has 2 rings (SSSR count). The number of amides is 2. The number of anilines is 1. The molecule has 0 heterocycles. The van der Waals surface area contributed by atoms with Crippen LogP contribution in [0, 0.1) is 13.8 Å². The first-order chi connectivity index (χ1) is 17.5. The molecule has 0 fully saturated rings. The number of sulfonamides is 1. The van der Waals surface area contributed by atoms with Gasteiger partial charge in [-0.25, -0.2) is 8.42 Å². The van der Waals surface area contributed by atoms with Crippen LogP contribution in [0.4, 0.5) is 5.69 Å². The van der Waals surface area contributed by atoms with E-state index < -0.39 is 16.1 Å². The van der Waals surface area contributed by atoms with Crippen LogP contribution in [-0.2, 0) is 26.2 Å². The molecule has 0 saturated carbocycles. The molecular weight excluding hydrogens is 490 g/mol. The SMILES string of the molecule is CCCCNC(=O)[C@H](C)N(Cc1ccc(OC)cc1)C(=O)CCCN(c1cccc(C)c1C)S(C)(=O)=O. The number of unbranched alkanes of at least 4 members (excludes halogenated alkanes) is 1. The number of benzene rings is 2. The van der Waals surface area contributed by atoms with Gasteiger partial charge in [0.05, 0.1) is 19.1 Å². The van der Waals surface area contributed by atoms with E-state index in [-0.39, 0.29) is 31.3 Å². The highest BCUT2D eigenvalue weighted by Crippen LogP contribution is 2.25. The largest absolute Gasteiger partial charge is 0.497 e. The monoisotopic (exact) mass is 531 g/mol. The van der Waals surface area contributed by atoms with Crippen LogP contribution in [-0.4, -0.2) is 57.6 Å². The second kappa shape index (κ2) is 14.0. The summed E-state index contributed by atoms with van der Waals surface area (Å²) in [6, 6.07) is 12.2. The Kier molecular flexibility index (Phi) is 11.4. The molecule has 0 bridgehead atoms. The molecule has 0 spiro atoms. The van der Waals surface area contributed by atoms with Gasteiger partial charge in [0.2, 0.25) is 21.8 Å². The fourth-order valence-corrected chi connectivity index (χ4v) is 5.05. The second-order valence-electron chi connectivity index (χ2n) is 9.35. The molecule has 1 atom stereocenters. The van der Waals surface area contributed by atoms with Crippen LogP contribution in [0.5, 0.6) is 5.75 Å². The molecule has 37 heavy (non-hydrogen) atoms. The van der Waals surface area contributed by atoms with E-state index in [0.29, 0.717) is 24.4 Å². The third-order valence-corrected chi connectivity index (χ3v) is 7.69. The lowest BCUT2D eigenvalue weighted by atomic mass is 10.1. The normalized spacial score (nSPS) is 12.1. The van der Waals surface area contributed by atoms with E-state index in [1.807, 2.05) is 57.2 Å². The van der Waals surface area contributed by atoms with Crippen molar-refractivity contribution in [3.05, 3.63) is 59.2 Å². The van der Waals surface area contributed by atoms with Crippen LogP contribution >= 0.6 is 0 Å². The van der Waals surface area contributed by atoms with Crippen LogP contribution in [0.3, 0.4) is 0 Å². The minimum absolute atomic E-state index is 0.111. The number of hydrogen-bond donors (Lipinski definition) is 1. The van der Waals surface area contributed by atoms with E-state index in [4.69, 9.17) is 4.74 Å². The number of hydrogen-bond acceptors (Lipinski definition) is 5. The fraction of sp³-hybridized carbons (Fsp3) is 0.500. The quantitative estimate of drug-likeness (QED) is 0.369. The summed E-state index contributed by atoms with van der Waals surface area (Å²) >= 11 is 0. The lowest BCUT2D eigenvalue weighted by Gasteiger charge is -2.30. The van der Waals surface area contributed by atoms with Gasteiger partial charge < -0.3 is 15.0 Å². The Bertz CT molecular complexity index is 1150. The van der Waals surface area contributed by atoms with Gasteiger partial charge in [0.25, 0.3) is 0 Å². The molecule has 0 unspecified atom stereocenters. The number of carbonyl (C=O) groups is 2. The summed E-state index contributed by atoms with van der Waals surface area (Å²) in [6.45, 7) is 8.59. The van der Waals surface area contributed by atoms with E-state index >= 15 is 0 Å². The highest BCUT2D eigenvalue weighted by molar-refractivity contribution is 7.92. The Balaban J connectivity index is 2.18. The molecule has 0 radical (unpaired) electrons. The van der Waals surface area contributed by atoms with Crippen LogP contribution in [0.25, 0.3) is 0 Å². The second-order valence-corrected chi connectivity index (χ2v) is 11.3. The van der Waals surface area contributed by atoms with Gasteiger partial charge in [-0.3, -0.25) is 13.9 Å². The third-order valence-electron chi connectivity index (χ3n) is 6.51. The van der Waals surface area contributed by atoms with E-state index in [0.717, 1.165) is 29.5 Å². The molecule has 0 aromatic heterocycles. The van der Waals surface area contributed by atoms with Crippen molar-refractivity contribution in [3.63, 3.8) is 0 Å². The fourth-order valence-electron chi connectivity index (χ4n) is 4.03. The van der Waals surface area contributed by atoms with E-state index in [9.17, 15) is 18.0 Å². The summed E-state index contributed by atoms with van der Waals surface area (Å²) in [7, 11) is -1.95. The first-order valence-electron chi connectivity index (χ1n) is 12.7. The Morgan fingerprint density at radius 2 is 1.73 bits per heavy atom. The van der Waals surface area contributed by atoms with Crippen molar-refractivity contribution >= 4 is 27.5 Å². The molecule has 2 amide bonds. The molecule has 0 aliphatic rings. The summed E-state index contributed by atoms with van der Waals surface area (Å²) in [5.41, 5.74) is 3.37. The van der Waals surface area contributed by atoms with Gasteiger partial charge >= 0.3 is 0 Å². The van der Waals surface area contributed by atoms with Gasteiger partial charge in [-0.15, -0.1) is 0 Å². The third kappa shape index (κ3) is 8.77. The number of nitrogens with zero attached hydrogens (tertiary/aromatic N) is 2. The molecule has 1 N–H and O–H groups in total. The molecule has 0 aliphatic carbocycles. The molecule has 204 valence electrons. The van der Waals surface area contributed by atoms with Crippen molar-refractivity contribution in [3.8, 4) is 5.75 Å². The highest BCUT2D eigenvalue weighted by atomic mass is 32.2. The van der Waals surface area contributed by atoms with Gasteiger partial charge in [0, 0.05) is 26.1 Å². The van der Waals surface area contributed by atoms with Gasteiger partial charge in [0.1, 0.15) is 11.8 Å². The topological polar surface area (TPSA) is 96.0 Å². The summed E-state index contributed by atoms with van der Waals surface area (Å²) in [4.78, 5) is 27.8. The summed E-state index contributed by atoms with van der Waals surface area (Å²) < 4.78 is 31.8. The number of methoxy groups -OCH3 is 1. The van der Waals surface area contributed by atoms with Crippen molar-refractivity contribution in [2.24, 2.45) is 0 Å². The van der Waals surface area contributed by atoms with E-state index in [2.05, 4.69) is 5.32 Å². The molecular formula is C28H41N3O5S. The zero-order valence-electron chi connectivity index (χ0n) is 22.9. The number of ether oxygens (including phenoxy) is 1. The molecule has 2 aromatic carbocycles. The smallest absolute Gasteiger partial charge is 0.242 e. The summed E-state index contributed by atoms with van der Waals surface area (Å²) in [5, 5.41) is 2.91. The van der Waals surface area contributed by atoms with Crippen molar-refractivity contribution in [1.29, 1.82) is 0 Å². The maximum absolute atomic E-state index is 13.4. The first-order valence-corrected chi connectivity index (χ1v) is 14.6. The molecule has 8 nitrogen and oxygen atoms in total. The van der Waals surface area contributed by atoms with Crippen molar-refractivity contribution in [2.75, 3.05) is 30.8 Å². The van der Waals surface area contributed by atoms with E-state index in [1.165, 1.54) is 10.6 Å². The van der Waals surface area contributed by atoms with Crippen LogP contribution < -0.4 is 14.4 Å². The summed E-state index contributed by atoms with van der Waals surface area (Å²) in [5.74, 6) is 0.297. The minimum atomic E-state index is -3.54. The Labute approximate surface area is 222 Å². The lowest BCUT2D eigenvalue weighted by Crippen LogP contribution is -2.48. The van der Waals surface area contributed by atoms with E-state index in [1.54, 1.807) is 25.0 Å². The maximum Gasteiger partial charge on any atom is 0.242 e. The first kappa shape index (κ1) is 30.2. The molecule has 2 aromatic rings. The maximum atomic E-state index is 13.4.